The number of nitrogens with one attached hydrogen (secondary N) is 4. The van der Waals surface area contributed by atoms with Gasteiger partial charge in [0.25, 0.3) is 11.8 Å². The lowest BCUT2D eigenvalue weighted by molar-refractivity contribution is 0.0955. The Morgan fingerprint density at radius 1 is 0.590 bits per heavy atom. The molecule has 4 N–H and O–H groups in total. The molecule has 0 atom stereocenters. The number of halogens is 2. The number of amides is 2. The molecule has 2 amide bonds. The molecule has 0 fully saturated rings. The van der Waals surface area contributed by atoms with Gasteiger partial charge in [0.15, 0.2) is 23.3 Å². The van der Waals surface area contributed by atoms with E-state index in [2.05, 4.69) is 103 Å². The number of rotatable bonds is 13. The number of aryl methyl sites for hydroxylation is 3. The van der Waals surface area contributed by atoms with Gasteiger partial charge in [-0.1, -0.05) is 105 Å². The maximum absolute atomic E-state index is 12.1. The summed E-state index contributed by atoms with van der Waals surface area (Å²) in [6.45, 7) is 27.9. The Kier molecular flexibility index (Phi) is 17.2. The van der Waals surface area contributed by atoms with Gasteiger partial charge >= 0.3 is 0 Å². The number of hydrogen-bond acceptors (Lipinski definition) is 11. The van der Waals surface area contributed by atoms with Gasteiger partial charge in [0.2, 0.25) is 5.95 Å². The second kappa shape index (κ2) is 20.8. The molecule has 61 heavy (non-hydrogen) atoms. The zero-order valence-corrected chi connectivity index (χ0v) is 41.0. The number of benzene rings is 2. The average molecular weight is 879 g/mol. The molecule has 0 aliphatic heterocycles. The fourth-order valence-corrected chi connectivity index (χ4v) is 7.15. The van der Waals surface area contributed by atoms with Crippen molar-refractivity contribution >= 4 is 75.6 Å². The molecule has 0 saturated heterocycles. The third kappa shape index (κ3) is 14.9. The average Bonchev–Trinajstić information content (AvgIpc) is 3.15. The maximum Gasteiger partial charge on any atom is 0.251 e. The molecule has 0 unspecified atom stereocenters. The van der Waals surface area contributed by atoms with Crippen molar-refractivity contribution in [2.45, 2.75) is 89.5 Å². The van der Waals surface area contributed by atoms with Crippen molar-refractivity contribution in [2.24, 2.45) is 16.2 Å². The van der Waals surface area contributed by atoms with Gasteiger partial charge in [0.1, 0.15) is 15.9 Å². The minimum absolute atomic E-state index is 0.0620. The van der Waals surface area contributed by atoms with Crippen molar-refractivity contribution in [1.82, 2.24) is 30.6 Å². The summed E-state index contributed by atoms with van der Waals surface area (Å²) < 4.78 is 0. The Balaban J connectivity index is 0.000000330. The zero-order chi connectivity index (χ0) is 46.2. The van der Waals surface area contributed by atoms with Gasteiger partial charge in [0, 0.05) is 83.8 Å². The van der Waals surface area contributed by atoms with Crippen LogP contribution in [-0.2, 0) is 6.42 Å². The topological polar surface area (TPSA) is 144 Å². The summed E-state index contributed by atoms with van der Waals surface area (Å²) in [5, 5.41) is 12.9. The first-order chi connectivity index (χ1) is 28.2. The molecule has 2 aromatic heterocycles. The van der Waals surface area contributed by atoms with Crippen LogP contribution >= 0.6 is 23.2 Å². The van der Waals surface area contributed by atoms with E-state index in [0.717, 1.165) is 42.1 Å². The molecule has 0 spiro atoms. The molecule has 4 aromatic rings. The van der Waals surface area contributed by atoms with Crippen LogP contribution in [0, 0.1) is 30.1 Å². The molecule has 334 valence electrons. The number of nitrogens with zero attached hydrogens (tertiary/aromatic N) is 7. The van der Waals surface area contributed by atoms with Crippen molar-refractivity contribution in [1.29, 1.82) is 0 Å². The van der Waals surface area contributed by atoms with E-state index in [0.29, 0.717) is 62.6 Å². The minimum Gasteiger partial charge on any atom is -0.358 e. The maximum atomic E-state index is 12.1. The normalized spacial score (nSPS) is 11.6. The third-order valence-electron chi connectivity index (χ3n) is 9.18. The lowest BCUT2D eigenvalue weighted by Crippen LogP contribution is -2.33. The van der Waals surface area contributed by atoms with Gasteiger partial charge < -0.3 is 36.0 Å². The molecule has 0 aliphatic carbocycles. The van der Waals surface area contributed by atoms with Crippen molar-refractivity contribution in [2.75, 3.05) is 80.2 Å². The molecule has 0 aliphatic rings. The SMILES string of the molecule is CCc1nc(Nc2cc(C(=O)NC)ccc2C)c(Cl)c(N(C)CC(C)(C)C)n1.CNC(=O)c1ccc(C)c(Nc2nc(N(C)CC(C)(C)C)nc(N(C)CC(C)(C)C)c2Cl)c1. The van der Waals surface area contributed by atoms with Crippen LogP contribution < -0.4 is 36.0 Å². The summed E-state index contributed by atoms with van der Waals surface area (Å²) in [6.07, 6.45) is 0.694. The lowest BCUT2D eigenvalue weighted by atomic mass is 9.96. The lowest BCUT2D eigenvalue weighted by Gasteiger charge is -2.31. The molecule has 2 aromatic carbocycles. The Morgan fingerprint density at radius 3 is 1.34 bits per heavy atom. The van der Waals surface area contributed by atoms with E-state index in [-0.39, 0.29) is 28.1 Å². The molecule has 15 heteroatoms. The van der Waals surface area contributed by atoms with Gasteiger partial charge in [-0.25, -0.2) is 9.97 Å². The summed E-state index contributed by atoms with van der Waals surface area (Å²) in [5.41, 5.74) is 4.89. The Hall–Kier alpha value is -4.88. The van der Waals surface area contributed by atoms with Crippen LogP contribution in [0.5, 0.6) is 0 Å². The van der Waals surface area contributed by atoms with E-state index in [1.807, 2.05) is 65.0 Å². The molecule has 2 heterocycles. The Labute approximate surface area is 374 Å². The minimum atomic E-state index is -0.150. The number of hydrogen-bond donors (Lipinski definition) is 4. The van der Waals surface area contributed by atoms with Gasteiger partial charge in [-0.3, -0.25) is 9.59 Å². The summed E-state index contributed by atoms with van der Waals surface area (Å²) in [7, 11) is 9.20. The van der Waals surface area contributed by atoms with Crippen LogP contribution in [0.25, 0.3) is 0 Å². The molecular formula is C46H69Cl2N11O2. The molecule has 0 bridgehead atoms. The summed E-state index contributed by atoms with van der Waals surface area (Å²) in [5.74, 6) is 3.43. The van der Waals surface area contributed by atoms with Gasteiger partial charge in [0.05, 0.1) is 0 Å². The van der Waals surface area contributed by atoms with Gasteiger partial charge in [-0.05, 0) is 65.5 Å². The largest absolute Gasteiger partial charge is 0.358 e. The van der Waals surface area contributed by atoms with Crippen LogP contribution in [0.15, 0.2) is 36.4 Å². The first-order valence-corrected chi connectivity index (χ1v) is 21.4. The van der Waals surface area contributed by atoms with Crippen molar-refractivity contribution in [3.8, 4) is 0 Å². The highest BCUT2D eigenvalue weighted by Gasteiger charge is 2.25. The highest BCUT2D eigenvalue weighted by Crippen LogP contribution is 2.37. The predicted molar refractivity (Wildman–Crippen MR) is 257 cm³/mol. The van der Waals surface area contributed by atoms with Crippen LogP contribution in [0.4, 0.5) is 40.6 Å². The van der Waals surface area contributed by atoms with Crippen LogP contribution in [0.2, 0.25) is 10.0 Å². The first kappa shape index (κ1) is 50.5. The molecule has 0 radical (unpaired) electrons. The van der Waals surface area contributed by atoms with E-state index in [1.54, 1.807) is 32.3 Å². The van der Waals surface area contributed by atoms with Crippen LogP contribution in [0.3, 0.4) is 0 Å². The molecular weight excluding hydrogens is 809 g/mol. The van der Waals surface area contributed by atoms with E-state index >= 15 is 0 Å². The smallest absolute Gasteiger partial charge is 0.251 e. The van der Waals surface area contributed by atoms with E-state index in [4.69, 9.17) is 33.2 Å². The molecule has 4 rings (SSSR count). The summed E-state index contributed by atoms with van der Waals surface area (Å²) >= 11 is 13.5. The monoisotopic (exact) mass is 878 g/mol. The highest BCUT2D eigenvalue weighted by molar-refractivity contribution is 6.36. The number of carbonyl (C=O) groups is 2. The second-order valence-corrected chi connectivity index (χ2v) is 20.0. The number of aromatic nitrogens is 4. The van der Waals surface area contributed by atoms with Crippen molar-refractivity contribution in [3.63, 3.8) is 0 Å². The van der Waals surface area contributed by atoms with E-state index < -0.39 is 0 Å². The summed E-state index contributed by atoms with van der Waals surface area (Å²) in [6, 6.07) is 11.0. The molecule has 13 nitrogen and oxygen atoms in total. The highest BCUT2D eigenvalue weighted by atomic mass is 35.5. The van der Waals surface area contributed by atoms with Crippen LogP contribution in [-0.4, -0.2) is 86.6 Å². The number of carbonyl (C=O) groups excluding carboxylic acids is 2. The fourth-order valence-electron chi connectivity index (χ4n) is 6.60. The van der Waals surface area contributed by atoms with Gasteiger partial charge in [-0.15, -0.1) is 0 Å². The van der Waals surface area contributed by atoms with E-state index in [1.165, 1.54) is 0 Å². The van der Waals surface area contributed by atoms with E-state index in [9.17, 15) is 9.59 Å². The molecule has 0 saturated carbocycles. The third-order valence-corrected chi connectivity index (χ3v) is 9.87. The second-order valence-electron chi connectivity index (χ2n) is 19.2. The Morgan fingerprint density at radius 2 is 0.967 bits per heavy atom. The fraction of sp³-hybridized carbons (Fsp3) is 0.522. The Bertz CT molecular complexity index is 2160. The van der Waals surface area contributed by atoms with Crippen molar-refractivity contribution < 1.29 is 9.59 Å². The first-order valence-electron chi connectivity index (χ1n) is 20.6. The standard InChI is InChI=1S/C25H39ClN6O.C21H30ClN5O/c1-16-11-12-17(22(33)27-8)13-18(16)28-20-19(26)21(31(9)14-24(2,3)4)30-23(29-20)32(10)15-25(5,6)7;1-8-16-25-18(17(22)19(26-16)27(7)12-21(3,4)5)24-15-11-14(20(28)23-6)10-9-13(15)2/h11-13H,14-15H2,1-10H3,(H,27,33)(H,28,29,30);9-11H,8,12H2,1-7H3,(H,23,28)(H,24,25,26). The number of anilines is 7. The summed E-state index contributed by atoms with van der Waals surface area (Å²) in [4.78, 5) is 49.1. The predicted octanol–water partition coefficient (Wildman–Crippen LogP) is 10.1. The van der Waals surface area contributed by atoms with Gasteiger partial charge in [-0.2, -0.15) is 9.97 Å². The zero-order valence-electron chi connectivity index (χ0n) is 39.5. The van der Waals surface area contributed by atoms with Crippen molar-refractivity contribution in [3.05, 3.63) is 74.5 Å². The van der Waals surface area contributed by atoms with Crippen LogP contribution in [0.1, 0.15) is 107 Å². The quantitative estimate of drug-likeness (QED) is 0.102.